The van der Waals surface area contributed by atoms with E-state index in [4.69, 9.17) is 5.26 Å². The van der Waals surface area contributed by atoms with Crippen LogP contribution in [0.2, 0.25) is 0 Å². The third kappa shape index (κ3) is 3.93. The summed E-state index contributed by atoms with van der Waals surface area (Å²) < 4.78 is 44.9. The van der Waals surface area contributed by atoms with E-state index < -0.39 is 30.2 Å². The summed E-state index contributed by atoms with van der Waals surface area (Å²) in [5, 5.41) is 11.3. The minimum Gasteiger partial charge on any atom is -0.322 e. The first-order chi connectivity index (χ1) is 10.00. The second kappa shape index (κ2) is 6.29. The summed E-state index contributed by atoms with van der Waals surface area (Å²) in [4.78, 5) is 11.1. The molecule has 0 aliphatic rings. The SMILES string of the molecule is C=C(C)C(=O)Nc1ccc(S(=O)(=O)C(C#N)S(C)(=O)=O)cc1. The molecule has 1 rings (SSSR count). The number of amides is 1. The maximum atomic E-state index is 12.1. The van der Waals surface area contributed by atoms with Crippen LogP contribution in [-0.4, -0.2) is 33.6 Å². The molecule has 1 aromatic rings. The number of sulfone groups is 2. The van der Waals surface area contributed by atoms with Gasteiger partial charge in [-0.25, -0.2) is 16.8 Å². The number of anilines is 1. The zero-order chi connectivity index (χ0) is 17.1. The maximum absolute atomic E-state index is 12.1. The Labute approximate surface area is 129 Å². The quantitative estimate of drug-likeness (QED) is 0.792. The fraction of sp³-hybridized carbons (Fsp3) is 0.231. The Kier molecular flexibility index (Phi) is 5.11. The molecule has 0 aliphatic heterocycles. The maximum Gasteiger partial charge on any atom is 0.252 e. The highest BCUT2D eigenvalue weighted by Gasteiger charge is 2.36. The number of carbonyl (C=O) groups excluding carboxylic acids is 1. The topological polar surface area (TPSA) is 121 Å². The molecule has 1 atom stereocenters. The molecule has 1 unspecified atom stereocenters. The lowest BCUT2D eigenvalue weighted by molar-refractivity contribution is -0.112. The molecule has 22 heavy (non-hydrogen) atoms. The van der Waals surface area contributed by atoms with E-state index in [2.05, 4.69) is 11.9 Å². The van der Waals surface area contributed by atoms with Gasteiger partial charge in [-0.15, -0.1) is 0 Å². The average Bonchev–Trinajstić information content (AvgIpc) is 2.37. The van der Waals surface area contributed by atoms with Gasteiger partial charge in [0.25, 0.3) is 10.5 Å². The summed E-state index contributed by atoms with van der Waals surface area (Å²) in [5.41, 5.74) is 0.595. The summed E-state index contributed by atoms with van der Waals surface area (Å²) in [6.45, 7) is 4.97. The second-order valence-corrected chi connectivity index (χ2v) is 9.06. The van der Waals surface area contributed by atoms with Crippen LogP contribution >= 0.6 is 0 Å². The highest BCUT2D eigenvalue weighted by Crippen LogP contribution is 2.21. The Balaban J connectivity index is 3.17. The van der Waals surface area contributed by atoms with Crippen molar-refractivity contribution in [1.29, 1.82) is 5.26 Å². The lowest BCUT2D eigenvalue weighted by Gasteiger charge is -2.10. The molecule has 7 nitrogen and oxygen atoms in total. The molecule has 0 heterocycles. The molecule has 1 N–H and O–H groups in total. The molecule has 0 aliphatic carbocycles. The summed E-state index contributed by atoms with van der Waals surface area (Å²) in [6, 6.07) is 6.13. The molecule has 0 saturated carbocycles. The molecule has 0 radical (unpaired) electrons. The van der Waals surface area contributed by atoms with Gasteiger partial charge < -0.3 is 5.32 Å². The minimum atomic E-state index is -4.35. The van der Waals surface area contributed by atoms with Crippen molar-refractivity contribution in [1.82, 2.24) is 0 Å². The summed E-state index contributed by atoms with van der Waals surface area (Å²) in [7, 11) is -8.44. The fourth-order valence-electron chi connectivity index (χ4n) is 1.48. The molecular weight excluding hydrogens is 328 g/mol. The van der Waals surface area contributed by atoms with E-state index in [-0.39, 0.29) is 10.5 Å². The number of nitriles is 1. The van der Waals surface area contributed by atoms with E-state index in [1.165, 1.54) is 25.1 Å². The highest BCUT2D eigenvalue weighted by molar-refractivity contribution is 8.09. The largest absolute Gasteiger partial charge is 0.322 e. The Hall–Kier alpha value is -2.18. The van der Waals surface area contributed by atoms with Crippen molar-refractivity contribution in [2.24, 2.45) is 0 Å². The van der Waals surface area contributed by atoms with Crippen LogP contribution in [-0.2, 0) is 24.5 Å². The molecule has 1 aromatic carbocycles. The number of carbonyl (C=O) groups is 1. The number of benzene rings is 1. The van der Waals surface area contributed by atoms with Crippen molar-refractivity contribution in [3.8, 4) is 6.07 Å². The van der Waals surface area contributed by atoms with Crippen molar-refractivity contribution < 1.29 is 21.6 Å². The first-order valence-corrected chi connectivity index (χ1v) is 9.39. The van der Waals surface area contributed by atoms with Crippen LogP contribution < -0.4 is 5.32 Å². The number of hydrogen-bond donors (Lipinski definition) is 1. The van der Waals surface area contributed by atoms with Crippen LogP contribution in [0.3, 0.4) is 0 Å². The molecule has 0 saturated heterocycles. The normalized spacial score (nSPS) is 13.0. The predicted octanol–water partition coefficient (Wildman–Crippen LogP) is 0.869. The van der Waals surface area contributed by atoms with Gasteiger partial charge in [-0.3, -0.25) is 4.79 Å². The summed E-state index contributed by atoms with van der Waals surface area (Å²) in [5.74, 6) is -0.429. The van der Waals surface area contributed by atoms with E-state index >= 15 is 0 Å². The van der Waals surface area contributed by atoms with E-state index in [9.17, 15) is 21.6 Å². The Bertz CT molecular complexity index is 847. The van der Waals surface area contributed by atoms with Gasteiger partial charge in [0.15, 0.2) is 9.84 Å². The van der Waals surface area contributed by atoms with Crippen molar-refractivity contribution in [3.05, 3.63) is 36.4 Å². The number of hydrogen-bond acceptors (Lipinski definition) is 6. The minimum absolute atomic E-state index is 0.276. The van der Waals surface area contributed by atoms with Gasteiger partial charge in [-0.1, -0.05) is 6.58 Å². The van der Waals surface area contributed by atoms with Crippen LogP contribution in [0.4, 0.5) is 5.69 Å². The molecular formula is C13H14N2O5S2. The Morgan fingerprint density at radius 3 is 2.09 bits per heavy atom. The summed E-state index contributed by atoms with van der Waals surface area (Å²) >= 11 is 0. The van der Waals surface area contributed by atoms with Crippen LogP contribution in [0.15, 0.2) is 41.3 Å². The van der Waals surface area contributed by atoms with Gasteiger partial charge in [0.1, 0.15) is 0 Å². The number of rotatable bonds is 5. The fourth-order valence-corrected chi connectivity index (χ4v) is 4.75. The lowest BCUT2D eigenvalue weighted by Crippen LogP contribution is -2.28. The number of nitrogens with one attached hydrogen (secondary N) is 1. The number of nitrogens with zero attached hydrogens (tertiary/aromatic N) is 1. The standard InChI is InChI=1S/C13H14N2O5S2/c1-9(2)13(16)15-10-4-6-11(7-5-10)22(19,20)12(8-14)21(3,17)18/h4-7,12H,1H2,2-3H3,(H,15,16). The van der Waals surface area contributed by atoms with Crippen molar-refractivity contribution in [2.45, 2.75) is 16.4 Å². The first-order valence-electron chi connectivity index (χ1n) is 5.89. The van der Waals surface area contributed by atoms with Gasteiger partial charge in [0.2, 0.25) is 9.84 Å². The van der Waals surface area contributed by atoms with Gasteiger partial charge in [0, 0.05) is 17.5 Å². The highest BCUT2D eigenvalue weighted by atomic mass is 32.3. The van der Waals surface area contributed by atoms with Crippen molar-refractivity contribution >= 4 is 31.3 Å². The third-order valence-electron chi connectivity index (χ3n) is 2.60. The second-order valence-electron chi connectivity index (χ2n) is 4.59. The molecule has 0 aromatic heterocycles. The van der Waals surface area contributed by atoms with Gasteiger partial charge >= 0.3 is 0 Å². The molecule has 0 spiro atoms. The van der Waals surface area contributed by atoms with E-state index in [0.29, 0.717) is 11.9 Å². The predicted molar refractivity (Wildman–Crippen MR) is 81.3 cm³/mol. The van der Waals surface area contributed by atoms with Crippen molar-refractivity contribution in [2.75, 3.05) is 11.6 Å². The smallest absolute Gasteiger partial charge is 0.252 e. The average molecular weight is 342 g/mol. The van der Waals surface area contributed by atoms with Crippen LogP contribution in [0.1, 0.15) is 6.92 Å². The van der Waals surface area contributed by atoms with Gasteiger partial charge in [-0.05, 0) is 31.2 Å². The van der Waals surface area contributed by atoms with Crippen LogP contribution in [0.5, 0.6) is 0 Å². The first kappa shape index (κ1) is 17.9. The van der Waals surface area contributed by atoms with Gasteiger partial charge in [-0.2, -0.15) is 5.26 Å². The van der Waals surface area contributed by atoms with Crippen molar-refractivity contribution in [3.63, 3.8) is 0 Å². The zero-order valence-electron chi connectivity index (χ0n) is 11.9. The molecule has 0 fully saturated rings. The molecule has 9 heteroatoms. The third-order valence-corrected chi connectivity index (χ3v) is 6.89. The van der Waals surface area contributed by atoms with Gasteiger partial charge in [0.05, 0.1) is 11.0 Å². The zero-order valence-corrected chi connectivity index (χ0v) is 13.5. The Morgan fingerprint density at radius 1 is 1.23 bits per heavy atom. The van der Waals surface area contributed by atoms with E-state index in [0.717, 1.165) is 12.1 Å². The van der Waals surface area contributed by atoms with E-state index in [1.807, 2.05) is 0 Å². The summed E-state index contributed by atoms with van der Waals surface area (Å²) in [6.07, 6.45) is 0.680. The van der Waals surface area contributed by atoms with Crippen LogP contribution in [0, 0.1) is 11.3 Å². The van der Waals surface area contributed by atoms with E-state index in [1.54, 1.807) is 0 Å². The molecule has 0 bridgehead atoms. The molecule has 1 amide bonds. The molecule has 118 valence electrons. The Morgan fingerprint density at radius 2 is 1.73 bits per heavy atom. The van der Waals surface area contributed by atoms with Crippen LogP contribution in [0.25, 0.3) is 0 Å². The lowest BCUT2D eigenvalue weighted by atomic mass is 10.3. The monoisotopic (exact) mass is 342 g/mol.